The third kappa shape index (κ3) is 4.47. The normalized spacial score (nSPS) is 10.2. The molecule has 0 radical (unpaired) electrons. The van der Waals surface area contributed by atoms with Crippen molar-refractivity contribution in [2.45, 2.75) is 0 Å². The van der Waals surface area contributed by atoms with Gasteiger partial charge in [0.2, 0.25) is 0 Å². The van der Waals surface area contributed by atoms with Crippen LogP contribution < -0.4 is 11.1 Å². The lowest BCUT2D eigenvalue weighted by Crippen LogP contribution is -2.31. The molecule has 0 spiro atoms. The first-order chi connectivity index (χ1) is 9.45. The van der Waals surface area contributed by atoms with Crippen LogP contribution in [0, 0.1) is 11.6 Å². The van der Waals surface area contributed by atoms with Crippen molar-refractivity contribution in [2.75, 3.05) is 32.6 Å². The first-order valence-corrected chi connectivity index (χ1v) is 5.63. The molecule has 0 aliphatic rings. The van der Waals surface area contributed by atoms with Crippen molar-refractivity contribution >= 4 is 17.6 Å². The van der Waals surface area contributed by atoms with Crippen molar-refractivity contribution in [3.8, 4) is 0 Å². The van der Waals surface area contributed by atoms with E-state index in [1.165, 1.54) is 7.11 Å². The van der Waals surface area contributed by atoms with Crippen LogP contribution in [-0.4, -0.2) is 38.7 Å². The van der Waals surface area contributed by atoms with Crippen molar-refractivity contribution < 1.29 is 27.8 Å². The second kappa shape index (κ2) is 7.39. The van der Waals surface area contributed by atoms with Crippen LogP contribution in [0.5, 0.6) is 0 Å². The van der Waals surface area contributed by atoms with E-state index in [0.29, 0.717) is 12.7 Å². The minimum Gasteiger partial charge on any atom is -0.452 e. The van der Waals surface area contributed by atoms with Crippen molar-refractivity contribution in [3.63, 3.8) is 0 Å². The fourth-order valence-electron chi connectivity index (χ4n) is 1.27. The summed E-state index contributed by atoms with van der Waals surface area (Å²) in [4.78, 5) is 22.8. The molecular formula is C12H14F2N2O4. The molecule has 0 aliphatic carbocycles. The van der Waals surface area contributed by atoms with Crippen molar-refractivity contribution in [1.82, 2.24) is 5.32 Å². The summed E-state index contributed by atoms with van der Waals surface area (Å²) in [5.74, 6) is -3.75. The van der Waals surface area contributed by atoms with Gasteiger partial charge in [0, 0.05) is 19.7 Å². The average molecular weight is 288 g/mol. The highest BCUT2D eigenvalue weighted by molar-refractivity contribution is 5.92. The molecule has 0 saturated heterocycles. The highest BCUT2D eigenvalue weighted by Gasteiger charge is 2.17. The van der Waals surface area contributed by atoms with Gasteiger partial charge in [0.15, 0.2) is 6.61 Å². The van der Waals surface area contributed by atoms with Crippen LogP contribution >= 0.6 is 0 Å². The summed E-state index contributed by atoms with van der Waals surface area (Å²) in [6.45, 7) is -0.0210. The van der Waals surface area contributed by atoms with Crippen LogP contribution in [0.3, 0.4) is 0 Å². The molecule has 110 valence electrons. The summed E-state index contributed by atoms with van der Waals surface area (Å²) < 4.78 is 35.5. The zero-order chi connectivity index (χ0) is 15.1. The lowest BCUT2D eigenvalue weighted by Gasteiger charge is -2.07. The standard InChI is InChI=1S/C12H14F2N2O4/c1-19-3-2-16-11(17)6-20-12(18)7-4-10(15)9(14)5-8(7)13/h4-5H,2-3,6,15H2,1H3,(H,16,17). The van der Waals surface area contributed by atoms with Gasteiger partial charge in [-0.1, -0.05) is 0 Å². The third-order valence-corrected chi connectivity index (χ3v) is 2.27. The zero-order valence-electron chi connectivity index (χ0n) is 10.7. The Morgan fingerprint density at radius 1 is 1.30 bits per heavy atom. The van der Waals surface area contributed by atoms with E-state index >= 15 is 0 Å². The highest BCUT2D eigenvalue weighted by atomic mass is 19.1. The Bertz CT molecular complexity index is 508. The van der Waals surface area contributed by atoms with E-state index in [9.17, 15) is 18.4 Å². The molecule has 20 heavy (non-hydrogen) atoms. The Labute approximate surface area is 113 Å². The molecule has 0 bridgehead atoms. The van der Waals surface area contributed by atoms with Crippen LogP contribution in [-0.2, 0) is 14.3 Å². The predicted molar refractivity (Wildman–Crippen MR) is 65.9 cm³/mol. The van der Waals surface area contributed by atoms with Crippen LogP contribution in [0.4, 0.5) is 14.5 Å². The number of anilines is 1. The number of hydrogen-bond donors (Lipinski definition) is 2. The van der Waals surface area contributed by atoms with Gasteiger partial charge in [-0.2, -0.15) is 0 Å². The number of carbonyl (C=O) groups is 2. The lowest BCUT2D eigenvalue weighted by atomic mass is 10.2. The molecule has 1 aromatic carbocycles. The fraction of sp³-hybridized carbons (Fsp3) is 0.333. The molecule has 1 rings (SSSR count). The van der Waals surface area contributed by atoms with Gasteiger partial charge in [0.05, 0.1) is 17.9 Å². The number of nitrogens with one attached hydrogen (secondary N) is 1. The summed E-state index contributed by atoms with van der Waals surface area (Å²) in [5, 5.41) is 2.41. The van der Waals surface area contributed by atoms with E-state index in [1.807, 2.05) is 0 Å². The smallest absolute Gasteiger partial charge is 0.341 e. The number of ether oxygens (including phenoxy) is 2. The maximum atomic E-state index is 13.3. The highest BCUT2D eigenvalue weighted by Crippen LogP contribution is 2.17. The van der Waals surface area contributed by atoms with Gasteiger partial charge in [-0.15, -0.1) is 0 Å². The fourth-order valence-corrected chi connectivity index (χ4v) is 1.27. The molecule has 1 aromatic rings. The molecule has 0 unspecified atom stereocenters. The van der Waals surface area contributed by atoms with Gasteiger partial charge >= 0.3 is 5.97 Å². The Hall–Kier alpha value is -2.22. The molecule has 6 nitrogen and oxygen atoms in total. The Morgan fingerprint density at radius 3 is 2.65 bits per heavy atom. The first-order valence-electron chi connectivity index (χ1n) is 5.63. The number of carbonyl (C=O) groups excluding carboxylic acids is 2. The number of esters is 1. The largest absolute Gasteiger partial charge is 0.452 e. The number of halogens is 2. The van der Waals surface area contributed by atoms with E-state index in [2.05, 4.69) is 10.1 Å². The molecule has 0 aliphatic heterocycles. The molecule has 0 saturated carbocycles. The number of benzene rings is 1. The summed E-state index contributed by atoms with van der Waals surface area (Å²) in [7, 11) is 1.47. The van der Waals surface area contributed by atoms with Gasteiger partial charge in [-0.3, -0.25) is 4.79 Å². The molecule has 8 heteroatoms. The second-order valence-electron chi connectivity index (χ2n) is 3.77. The minimum atomic E-state index is -1.11. The van der Waals surface area contributed by atoms with Crippen molar-refractivity contribution in [1.29, 1.82) is 0 Å². The minimum absolute atomic E-state index is 0.255. The molecule has 0 heterocycles. The lowest BCUT2D eigenvalue weighted by molar-refractivity contribution is -0.124. The molecule has 3 N–H and O–H groups in total. The Balaban J connectivity index is 2.55. The van der Waals surface area contributed by atoms with Crippen molar-refractivity contribution in [3.05, 3.63) is 29.3 Å². The van der Waals surface area contributed by atoms with Crippen LogP contribution in [0.1, 0.15) is 10.4 Å². The topological polar surface area (TPSA) is 90.6 Å². The van der Waals surface area contributed by atoms with E-state index in [0.717, 1.165) is 6.07 Å². The monoisotopic (exact) mass is 288 g/mol. The number of nitrogens with two attached hydrogens (primary N) is 1. The number of nitrogen functional groups attached to an aromatic ring is 1. The van der Waals surface area contributed by atoms with E-state index in [4.69, 9.17) is 10.5 Å². The van der Waals surface area contributed by atoms with E-state index < -0.39 is 35.7 Å². The second-order valence-corrected chi connectivity index (χ2v) is 3.77. The number of hydrogen-bond acceptors (Lipinski definition) is 5. The average Bonchev–Trinajstić information content (AvgIpc) is 2.40. The maximum absolute atomic E-state index is 13.3. The quantitative estimate of drug-likeness (QED) is 0.451. The first kappa shape index (κ1) is 15.8. The van der Waals surface area contributed by atoms with Crippen LogP contribution in [0.15, 0.2) is 12.1 Å². The maximum Gasteiger partial charge on any atom is 0.341 e. The molecule has 0 aromatic heterocycles. The predicted octanol–water partition coefficient (Wildman–Crippen LogP) is 0.466. The number of methoxy groups -OCH3 is 1. The summed E-state index contributed by atoms with van der Waals surface area (Å²) >= 11 is 0. The molecule has 1 amide bonds. The zero-order valence-corrected chi connectivity index (χ0v) is 10.7. The van der Waals surface area contributed by atoms with Gasteiger partial charge in [-0.25, -0.2) is 13.6 Å². The Kier molecular flexibility index (Phi) is 5.85. The SMILES string of the molecule is COCCNC(=O)COC(=O)c1cc(N)c(F)cc1F. The van der Waals surface area contributed by atoms with E-state index in [1.54, 1.807) is 0 Å². The van der Waals surface area contributed by atoms with Gasteiger partial charge in [-0.05, 0) is 6.07 Å². The van der Waals surface area contributed by atoms with Gasteiger partial charge in [0.1, 0.15) is 11.6 Å². The molecule has 0 fully saturated rings. The third-order valence-electron chi connectivity index (χ3n) is 2.27. The molecule has 0 atom stereocenters. The summed E-state index contributed by atoms with van der Waals surface area (Å²) in [5.41, 5.74) is 4.30. The number of amides is 1. The van der Waals surface area contributed by atoms with Gasteiger partial charge in [0.25, 0.3) is 5.91 Å². The van der Waals surface area contributed by atoms with Gasteiger partial charge < -0.3 is 20.5 Å². The van der Waals surface area contributed by atoms with Crippen LogP contribution in [0.2, 0.25) is 0 Å². The van der Waals surface area contributed by atoms with Crippen molar-refractivity contribution in [2.24, 2.45) is 0 Å². The van der Waals surface area contributed by atoms with E-state index in [-0.39, 0.29) is 12.2 Å². The summed E-state index contributed by atoms with van der Waals surface area (Å²) in [6, 6.07) is 1.29. The number of rotatable bonds is 6. The Morgan fingerprint density at radius 2 is 2.00 bits per heavy atom. The summed E-state index contributed by atoms with van der Waals surface area (Å²) in [6.07, 6.45) is 0. The molecular weight excluding hydrogens is 274 g/mol. The van der Waals surface area contributed by atoms with Crippen LogP contribution in [0.25, 0.3) is 0 Å².